The van der Waals surface area contributed by atoms with Gasteiger partial charge in [-0.2, -0.15) is 0 Å². The Labute approximate surface area is 127 Å². The fourth-order valence-electron chi connectivity index (χ4n) is 2.70. The summed E-state index contributed by atoms with van der Waals surface area (Å²) in [6.07, 6.45) is 0. The Morgan fingerprint density at radius 1 is 0.952 bits per heavy atom. The van der Waals surface area contributed by atoms with Crippen molar-refractivity contribution in [3.8, 4) is 0 Å². The molecule has 0 aliphatic carbocycles. The number of hydrogen-bond donors (Lipinski definition) is 0. The van der Waals surface area contributed by atoms with Crippen LogP contribution < -0.4 is 0 Å². The first-order valence-corrected chi connectivity index (χ1v) is 7.84. The van der Waals surface area contributed by atoms with E-state index in [-0.39, 0.29) is 14.2 Å². The Morgan fingerprint density at radius 3 is 2.14 bits per heavy atom. The molecule has 0 bridgehead atoms. The molecule has 0 aromatic heterocycles. The monoisotopic (exact) mass is 298 g/mol. The maximum absolute atomic E-state index is 12.9. The quantitative estimate of drug-likeness (QED) is 0.579. The summed E-state index contributed by atoms with van der Waals surface area (Å²) in [5.41, 5.74) is 5.10. The summed E-state index contributed by atoms with van der Waals surface area (Å²) < 4.78 is 11.6. The van der Waals surface area contributed by atoms with Crippen molar-refractivity contribution in [2.45, 2.75) is 33.4 Å². The molecule has 0 aliphatic rings. The van der Waals surface area contributed by atoms with E-state index in [1.54, 1.807) is 0 Å². The van der Waals surface area contributed by atoms with Gasteiger partial charge in [0.05, 0.1) is 0 Å². The highest BCUT2D eigenvalue weighted by Crippen LogP contribution is 2.34. The SMILES string of the molecule is Cc1cc(C)c(C(=O)C(P=O)c2ccccc2)c(C)c1C. The van der Waals surface area contributed by atoms with E-state index in [0.717, 1.165) is 22.3 Å². The van der Waals surface area contributed by atoms with Crippen LogP contribution in [0.3, 0.4) is 0 Å². The highest BCUT2D eigenvalue weighted by molar-refractivity contribution is 7.26. The van der Waals surface area contributed by atoms with Crippen LogP contribution in [0.5, 0.6) is 0 Å². The van der Waals surface area contributed by atoms with E-state index in [0.29, 0.717) is 5.56 Å². The molecule has 108 valence electrons. The van der Waals surface area contributed by atoms with Crippen molar-refractivity contribution in [3.63, 3.8) is 0 Å². The minimum atomic E-state index is -0.634. The number of Topliss-reactive ketones (excluding diaryl/α,β-unsaturated/α-hetero) is 1. The molecule has 3 heteroatoms. The Hall–Kier alpha value is -1.79. The molecule has 2 aromatic carbocycles. The van der Waals surface area contributed by atoms with Gasteiger partial charge >= 0.3 is 0 Å². The van der Waals surface area contributed by atoms with Gasteiger partial charge in [0.2, 0.25) is 0 Å². The van der Waals surface area contributed by atoms with E-state index in [1.807, 2.05) is 64.1 Å². The molecule has 2 nitrogen and oxygen atoms in total. The molecule has 2 rings (SSSR count). The van der Waals surface area contributed by atoms with Crippen molar-refractivity contribution in [1.82, 2.24) is 0 Å². The molecule has 0 fully saturated rings. The number of carbonyl (C=O) groups is 1. The molecule has 0 N–H and O–H groups in total. The molecule has 2 aromatic rings. The molecule has 0 saturated heterocycles. The van der Waals surface area contributed by atoms with Gasteiger partial charge in [0, 0.05) is 5.56 Å². The van der Waals surface area contributed by atoms with Crippen LogP contribution in [0.15, 0.2) is 36.4 Å². The highest BCUT2D eigenvalue weighted by atomic mass is 31.1. The zero-order valence-corrected chi connectivity index (χ0v) is 13.7. The van der Waals surface area contributed by atoms with Crippen LogP contribution in [0.25, 0.3) is 0 Å². The van der Waals surface area contributed by atoms with Gasteiger partial charge in [-0.15, -0.1) is 0 Å². The lowest BCUT2D eigenvalue weighted by atomic mass is 9.89. The highest BCUT2D eigenvalue weighted by Gasteiger charge is 2.26. The number of benzene rings is 2. The fourth-order valence-corrected chi connectivity index (χ4v) is 3.21. The summed E-state index contributed by atoms with van der Waals surface area (Å²) in [5, 5.41) is 0. The first kappa shape index (κ1) is 15.6. The van der Waals surface area contributed by atoms with Crippen LogP contribution in [0.4, 0.5) is 0 Å². The van der Waals surface area contributed by atoms with Crippen LogP contribution in [-0.2, 0) is 4.57 Å². The lowest BCUT2D eigenvalue weighted by Gasteiger charge is -2.16. The molecule has 0 saturated carbocycles. The summed E-state index contributed by atoms with van der Waals surface area (Å²) in [5.74, 6) is -0.0732. The Morgan fingerprint density at radius 2 is 1.57 bits per heavy atom. The molecular formula is C18H19O2P. The van der Waals surface area contributed by atoms with Gasteiger partial charge in [0.1, 0.15) is 5.66 Å². The van der Waals surface area contributed by atoms with Crippen LogP contribution in [0.2, 0.25) is 0 Å². The molecule has 1 unspecified atom stereocenters. The lowest BCUT2D eigenvalue weighted by Crippen LogP contribution is -2.12. The third kappa shape index (κ3) is 2.96. The van der Waals surface area contributed by atoms with Crippen molar-refractivity contribution in [1.29, 1.82) is 0 Å². The van der Waals surface area contributed by atoms with E-state index in [1.165, 1.54) is 5.56 Å². The third-order valence-electron chi connectivity index (χ3n) is 4.07. The molecular weight excluding hydrogens is 279 g/mol. The maximum atomic E-state index is 12.9. The molecule has 0 heterocycles. The minimum absolute atomic E-state index is 0.0732. The van der Waals surface area contributed by atoms with Crippen LogP contribution in [-0.4, -0.2) is 5.78 Å². The number of aryl methyl sites for hydroxylation is 2. The maximum Gasteiger partial charge on any atom is 0.182 e. The topological polar surface area (TPSA) is 34.1 Å². The van der Waals surface area contributed by atoms with Crippen molar-refractivity contribution in [3.05, 3.63) is 69.8 Å². The number of ketones is 1. The second kappa shape index (κ2) is 6.32. The summed E-state index contributed by atoms with van der Waals surface area (Å²) in [6, 6.07) is 11.3. The van der Waals surface area contributed by atoms with Crippen LogP contribution >= 0.6 is 8.46 Å². The van der Waals surface area contributed by atoms with Gasteiger partial charge in [0.15, 0.2) is 14.2 Å². The minimum Gasteiger partial charge on any atom is -0.293 e. The molecule has 0 aliphatic heterocycles. The van der Waals surface area contributed by atoms with Gasteiger partial charge in [-0.05, 0) is 55.5 Å². The number of rotatable bonds is 4. The molecule has 21 heavy (non-hydrogen) atoms. The zero-order valence-electron chi connectivity index (χ0n) is 12.8. The average molecular weight is 298 g/mol. The van der Waals surface area contributed by atoms with Crippen LogP contribution in [0.1, 0.15) is 43.8 Å². The van der Waals surface area contributed by atoms with Gasteiger partial charge in [0.25, 0.3) is 0 Å². The fraction of sp³-hybridized carbons (Fsp3) is 0.278. The van der Waals surface area contributed by atoms with E-state index in [2.05, 4.69) is 0 Å². The lowest BCUT2D eigenvalue weighted by molar-refractivity contribution is 0.0986. The predicted molar refractivity (Wildman–Crippen MR) is 86.5 cm³/mol. The largest absolute Gasteiger partial charge is 0.293 e. The summed E-state index contributed by atoms with van der Waals surface area (Å²) >= 11 is 0. The van der Waals surface area contributed by atoms with Gasteiger partial charge in [-0.3, -0.25) is 9.36 Å². The van der Waals surface area contributed by atoms with Crippen LogP contribution in [0, 0.1) is 27.7 Å². The Kier molecular flexibility index (Phi) is 4.69. The average Bonchev–Trinajstić information content (AvgIpc) is 2.47. The molecule has 0 radical (unpaired) electrons. The first-order valence-electron chi connectivity index (χ1n) is 6.96. The van der Waals surface area contributed by atoms with Crippen molar-refractivity contribution >= 4 is 14.2 Å². The predicted octanol–water partition coefficient (Wildman–Crippen LogP) is 5.14. The third-order valence-corrected chi connectivity index (χ3v) is 4.82. The van der Waals surface area contributed by atoms with E-state index in [9.17, 15) is 9.36 Å². The zero-order chi connectivity index (χ0) is 15.6. The summed E-state index contributed by atoms with van der Waals surface area (Å²) in [4.78, 5) is 12.9. The first-order chi connectivity index (χ1) is 9.97. The smallest absolute Gasteiger partial charge is 0.182 e. The van der Waals surface area contributed by atoms with Gasteiger partial charge in [-0.1, -0.05) is 36.4 Å². The molecule has 0 spiro atoms. The van der Waals surface area contributed by atoms with E-state index < -0.39 is 5.66 Å². The summed E-state index contributed by atoms with van der Waals surface area (Å²) in [7, 11) is -0.163. The second-order valence-electron chi connectivity index (χ2n) is 5.42. The van der Waals surface area contributed by atoms with Gasteiger partial charge < -0.3 is 0 Å². The van der Waals surface area contributed by atoms with Crippen molar-refractivity contribution in [2.75, 3.05) is 0 Å². The summed E-state index contributed by atoms with van der Waals surface area (Å²) in [6.45, 7) is 7.97. The molecule has 0 amide bonds. The van der Waals surface area contributed by atoms with E-state index >= 15 is 0 Å². The second-order valence-corrected chi connectivity index (χ2v) is 6.15. The normalized spacial score (nSPS) is 12.4. The van der Waals surface area contributed by atoms with Crippen molar-refractivity contribution < 1.29 is 9.36 Å². The molecule has 1 atom stereocenters. The number of hydrogen-bond acceptors (Lipinski definition) is 2. The van der Waals surface area contributed by atoms with Gasteiger partial charge in [-0.25, -0.2) is 0 Å². The van der Waals surface area contributed by atoms with Crippen molar-refractivity contribution in [2.24, 2.45) is 0 Å². The number of carbonyl (C=O) groups excluding carboxylic acids is 1. The standard InChI is InChI=1S/C18H19O2P/c1-11-10-12(2)16(14(4)13(11)3)17(19)18(21-20)15-8-6-5-7-9-15/h5-10,18H,1-4H3. The Bertz CT molecular complexity index is 690. The van der Waals surface area contributed by atoms with E-state index in [4.69, 9.17) is 0 Å². The Balaban J connectivity index is 2.54.